The number of aliphatic carboxylic acids is 1. The van der Waals surface area contributed by atoms with E-state index < -0.39 is 36.1 Å². The molecule has 8 nitrogen and oxygen atoms in total. The summed E-state index contributed by atoms with van der Waals surface area (Å²) in [4.78, 5) is 34.8. The normalized spacial score (nSPS) is 19.5. The van der Waals surface area contributed by atoms with Gasteiger partial charge in [-0.25, -0.2) is 13.8 Å². The number of nitrogens with zero attached hydrogens (tertiary/aromatic N) is 5. The van der Waals surface area contributed by atoms with E-state index in [1.165, 1.54) is 29.4 Å². The number of aryl methyl sites for hydroxylation is 1. The highest BCUT2D eigenvalue weighted by Gasteiger charge is 2.46. The predicted octanol–water partition coefficient (Wildman–Crippen LogP) is 2.51. The van der Waals surface area contributed by atoms with Crippen LogP contribution in [-0.2, 0) is 11.8 Å². The molecular weight excluding hydrogens is 420 g/mol. The Bertz CT molecular complexity index is 1290. The smallest absolute Gasteiger partial charge is 0.323 e. The van der Waals surface area contributed by atoms with Crippen molar-refractivity contribution in [2.75, 3.05) is 18.0 Å². The lowest BCUT2D eigenvalue weighted by Gasteiger charge is -2.44. The van der Waals surface area contributed by atoms with E-state index in [0.29, 0.717) is 22.7 Å². The van der Waals surface area contributed by atoms with E-state index in [0.717, 1.165) is 6.07 Å². The second-order valence-corrected chi connectivity index (χ2v) is 7.71. The topological polar surface area (TPSA) is 101 Å². The Morgan fingerprint density at radius 2 is 1.94 bits per heavy atom. The number of carbonyl (C=O) groups is 2. The van der Waals surface area contributed by atoms with Crippen LogP contribution in [0.1, 0.15) is 39.3 Å². The largest absolute Gasteiger partial charge is 0.480 e. The third kappa shape index (κ3) is 3.06. The zero-order valence-corrected chi connectivity index (χ0v) is 16.9. The van der Waals surface area contributed by atoms with Gasteiger partial charge in [-0.3, -0.25) is 19.3 Å². The summed E-state index contributed by atoms with van der Waals surface area (Å²) in [5.74, 6) is -2.73. The summed E-state index contributed by atoms with van der Waals surface area (Å²) >= 11 is 0. The van der Waals surface area contributed by atoms with Crippen molar-refractivity contribution in [3.8, 4) is 0 Å². The number of aromatic nitrogens is 3. The minimum absolute atomic E-state index is 0.158. The molecule has 0 unspecified atom stereocenters. The number of hydrogen-bond donors (Lipinski definition) is 1. The van der Waals surface area contributed by atoms with Crippen LogP contribution in [0.25, 0.3) is 0 Å². The first kappa shape index (κ1) is 20.0. The van der Waals surface area contributed by atoms with Crippen molar-refractivity contribution in [3.63, 3.8) is 0 Å². The maximum absolute atomic E-state index is 14.6. The molecule has 0 spiro atoms. The maximum atomic E-state index is 14.6. The lowest BCUT2D eigenvalue weighted by molar-refractivity contribution is -0.135. The molecule has 10 heteroatoms. The maximum Gasteiger partial charge on any atom is 0.323 e. The molecule has 32 heavy (non-hydrogen) atoms. The van der Waals surface area contributed by atoms with Gasteiger partial charge in [0, 0.05) is 18.2 Å². The Morgan fingerprint density at radius 1 is 1.19 bits per heavy atom. The summed E-state index contributed by atoms with van der Waals surface area (Å²) in [6, 6.07) is 7.32. The van der Waals surface area contributed by atoms with Crippen molar-refractivity contribution < 1.29 is 23.5 Å². The molecule has 2 aliphatic rings. The van der Waals surface area contributed by atoms with E-state index >= 15 is 0 Å². The van der Waals surface area contributed by atoms with Gasteiger partial charge in [-0.1, -0.05) is 12.1 Å². The van der Waals surface area contributed by atoms with Crippen molar-refractivity contribution in [1.29, 1.82) is 0 Å². The van der Waals surface area contributed by atoms with Gasteiger partial charge in [0.1, 0.15) is 36.9 Å². The highest BCUT2D eigenvalue weighted by atomic mass is 19.1. The van der Waals surface area contributed by atoms with Gasteiger partial charge in [0.25, 0.3) is 0 Å². The van der Waals surface area contributed by atoms with Gasteiger partial charge in [-0.2, -0.15) is 5.10 Å². The van der Waals surface area contributed by atoms with Crippen molar-refractivity contribution in [2.24, 2.45) is 12.0 Å². The van der Waals surface area contributed by atoms with Crippen LogP contribution in [0.3, 0.4) is 0 Å². The van der Waals surface area contributed by atoms with Crippen LogP contribution in [0, 0.1) is 11.6 Å². The van der Waals surface area contributed by atoms with Crippen molar-refractivity contribution in [1.82, 2.24) is 14.8 Å². The first-order valence-electron chi connectivity index (χ1n) is 9.84. The molecule has 3 heterocycles. The highest BCUT2D eigenvalue weighted by Crippen LogP contribution is 2.48. The molecule has 5 rings (SSSR count). The van der Waals surface area contributed by atoms with E-state index in [2.05, 4.69) is 15.1 Å². The van der Waals surface area contributed by atoms with Gasteiger partial charge in [0.05, 0.1) is 23.4 Å². The van der Waals surface area contributed by atoms with Gasteiger partial charge in [-0.05, 0) is 29.8 Å². The van der Waals surface area contributed by atoms with E-state index in [9.17, 15) is 23.5 Å². The summed E-state index contributed by atoms with van der Waals surface area (Å²) < 4.78 is 29.8. The SMILES string of the molecule is Cn1ncnc1[C@H]1C2=NCC(=O)c3cc(F)cc(c32)N(CC(=O)O)[C@@H]1c1ccc(F)cc1. The monoisotopic (exact) mass is 437 g/mol. The van der Waals surface area contributed by atoms with E-state index in [-0.39, 0.29) is 23.6 Å². The van der Waals surface area contributed by atoms with E-state index in [1.54, 1.807) is 23.9 Å². The Balaban J connectivity index is 1.84. The molecule has 1 aromatic heterocycles. The Morgan fingerprint density at radius 3 is 2.59 bits per heavy atom. The summed E-state index contributed by atoms with van der Waals surface area (Å²) in [5, 5.41) is 13.8. The number of anilines is 1. The number of carbonyl (C=O) groups excluding carboxylic acids is 1. The first-order chi connectivity index (χ1) is 15.3. The molecule has 2 aromatic carbocycles. The standard InChI is InChI=1S/C22H17F2N5O3/c1-28-22(26-10-27-28)19-20-18-14(16(30)8-25-20)6-13(24)7-15(18)29(9-17(31)32)21(19)11-2-4-12(23)5-3-11/h2-7,10,19,21H,8-9H2,1H3,(H,31,32)/t19-,21+/m0/s1. The number of rotatable bonds is 4. The van der Waals surface area contributed by atoms with Crippen LogP contribution >= 0.6 is 0 Å². The van der Waals surface area contributed by atoms with Crippen LogP contribution in [0.4, 0.5) is 14.5 Å². The molecule has 0 bridgehead atoms. The quantitative estimate of drug-likeness (QED) is 0.673. The average Bonchev–Trinajstić information content (AvgIpc) is 3.17. The van der Waals surface area contributed by atoms with Gasteiger partial charge >= 0.3 is 5.97 Å². The van der Waals surface area contributed by atoms with E-state index in [1.807, 2.05) is 0 Å². The summed E-state index contributed by atoms with van der Waals surface area (Å²) in [5.41, 5.74) is 1.90. The van der Waals surface area contributed by atoms with Gasteiger partial charge < -0.3 is 10.0 Å². The summed E-state index contributed by atoms with van der Waals surface area (Å²) in [6.07, 6.45) is 1.37. The fourth-order valence-electron chi connectivity index (χ4n) is 4.57. The van der Waals surface area contributed by atoms with Crippen LogP contribution in [0.5, 0.6) is 0 Å². The molecule has 3 aromatic rings. The number of hydrogen-bond acceptors (Lipinski definition) is 6. The average molecular weight is 437 g/mol. The first-order valence-corrected chi connectivity index (χ1v) is 9.84. The fourth-order valence-corrected chi connectivity index (χ4v) is 4.57. The van der Waals surface area contributed by atoms with Crippen LogP contribution < -0.4 is 4.90 Å². The highest BCUT2D eigenvalue weighted by molar-refractivity contribution is 6.21. The molecule has 0 fully saturated rings. The molecule has 0 saturated heterocycles. The molecule has 1 N–H and O–H groups in total. The number of carboxylic acids is 1. The Hall–Kier alpha value is -3.95. The zero-order valence-electron chi connectivity index (χ0n) is 16.9. The second-order valence-electron chi connectivity index (χ2n) is 7.71. The minimum atomic E-state index is -1.14. The van der Waals surface area contributed by atoms with Crippen molar-refractivity contribution in [3.05, 3.63) is 76.9 Å². The molecule has 0 aliphatic carbocycles. The van der Waals surface area contributed by atoms with Crippen LogP contribution in [0.15, 0.2) is 47.7 Å². The fraction of sp³-hybridized carbons (Fsp3) is 0.227. The third-order valence-electron chi connectivity index (χ3n) is 5.83. The number of Topliss-reactive ketones (excluding diaryl/α,β-unsaturated/α-hetero) is 1. The van der Waals surface area contributed by atoms with E-state index in [4.69, 9.17) is 0 Å². The predicted molar refractivity (Wildman–Crippen MR) is 110 cm³/mol. The molecule has 2 atom stereocenters. The van der Waals surface area contributed by atoms with Crippen molar-refractivity contribution >= 4 is 23.2 Å². The minimum Gasteiger partial charge on any atom is -0.480 e. The third-order valence-corrected chi connectivity index (χ3v) is 5.83. The zero-order chi connectivity index (χ0) is 22.6. The molecule has 2 aliphatic heterocycles. The Labute approximate surface area is 180 Å². The number of carboxylic acid groups (broad SMARTS) is 1. The number of ketones is 1. The van der Waals surface area contributed by atoms with Crippen LogP contribution in [-0.4, -0.2) is 50.4 Å². The van der Waals surface area contributed by atoms with Crippen LogP contribution in [0.2, 0.25) is 0 Å². The molecule has 0 saturated carbocycles. The van der Waals surface area contributed by atoms with Gasteiger partial charge in [0.2, 0.25) is 0 Å². The lowest BCUT2D eigenvalue weighted by Crippen LogP contribution is -2.46. The second kappa shape index (κ2) is 7.33. The number of halogens is 2. The van der Waals surface area contributed by atoms with Gasteiger partial charge in [-0.15, -0.1) is 0 Å². The Kier molecular flexibility index (Phi) is 4.58. The molecular formula is C22H17F2N5O3. The number of aliphatic imine (C=N–C) groups is 1. The molecule has 0 amide bonds. The lowest BCUT2D eigenvalue weighted by atomic mass is 9.76. The van der Waals surface area contributed by atoms with Gasteiger partial charge in [0.15, 0.2) is 5.78 Å². The summed E-state index contributed by atoms with van der Waals surface area (Å²) in [7, 11) is 1.70. The molecule has 0 radical (unpaired) electrons. The van der Waals surface area contributed by atoms with Crippen molar-refractivity contribution in [2.45, 2.75) is 12.0 Å². The summed E-state index contributed by atoms with van der Waals surface area (Å²) in [6.45, 7) is -0.637. The molecule has 162 valence electrons. The number of benzene rings is 2.